The van der Waals surface area contributed by atoms with Crippen LogP contribution in [0.25, 0.3) is 0 Å². The maximum absolute atomic E-state index is 5.49. The molecular weight excluding hydrogens is 326 g/mol. The molecule has 4 heteroatoms. The Kier molecular flexibility index (Phi) is 6.97. The molecule has 25 heavy (non-hydrogen) atoms. The molecule has 2 aromatic carbocycles. The smallest absolute Gasteiger partial charge is 0.170 e. The van der Waals surface area contributed by atoms with Gasteiger partial charge in [0.05, 0.1) is 6.04 Å². The molecule has 0 saturated heterocycles. The van der Waals surface area contributed by atoms with Crippen LogP contribution in [0.1, 0.15) is 35.2 Å². The Labute approximate surface area is 157 Å². The summed E-state index contributed by atoms with van der Waals surface area (Å²) in [6, 6.07) is 15.5. The zero-order valence-corrected chi connectivity index (χ0v) is 16.7. The van der Waals surface area contributed by atoms with Crippen LogP contribution in [-0.4, -0.2) is 30.7 Å². The van der Waals surface area contributed by atoms with Crippen LogP contribution in [0.3, 0.4) is 0 Å². The lowest BCUT2D eigenvalue weighted by Crippen LogP contribution is -2.36. The van der Waals surface area contributed by atoms with E-state index in [1.165, 1.54) is 22.3 Å². The molecule has 0 aliphatic rings. The number of nitrogens with zero attached hydrogens (tertiary/aromatic N) is 1. The van der Waals surface area contributed by atoms with E-state index in [4.69, 9.17) is 12.2 Å². The molecule has 0 fully saturated rings. The number of benzene rings is 2. The highest BCUT2D eigenvalue weighted by molar-refractivity contribution is 7.80. The number of thiocarbonyl (C=S) groups is 1. The molecule has 0 radical (unpaired) electrons. The second kappa shape index (κ2) is 8.97. The second-order valence-corrected chi connectivity index (χ2v) is 7.14. The minimum atomic E-state index is 0.268. The minimum absolute atomic E-state index is 0.268. The predicted octanol–water partition coefficient (Wildman–Crippen LogP) is 4.46. The lowest BCUT2D eigenvalue weighted by Gasteiger charge is -2.26. The zero-order chi connectivity index (χ0) is 18.4. The quantitative estimate of drug-likeness (QED) is 0.749. The van der Waals surface area contributed by atoms with Crippen molar-refractivity contribution >= 4 is 23.0 Å². The van der Waals surface area contributed by atoms with Gasteiger partial charge < -0.3 is 15.5 Å². The van der Waals surface area contributed by atoms with Gasteiger partial charge in [-0.25, -0.2) is 0 Å². The highest BCUT2D eigenvalue weighted by Crippen LogP contribution is 2.19. The topological polar surface area (TPSA) is 27.3 Å². The van der Waals surface area contributed by atoms with E-state index in [2.05, 4.69) is 92.9 Å². The van der Waals surface area contributed by atoms with Gasteiger partial charge >= 0.3 is 0 Å². The maximum Gasteiger partial charge on any atom is 0.170 e. The first-order valence-electron chi connectivity index (χ1n) is 8.78. The van der Waals surface area contributed by atoms with Crippen molar-refractivity contribution in [2.75, 3.05) is 26.0 Å². The molecule has 0 unspecified atom stereocenters. The summed E-state index contributed by atoms with van der Waals surface area (Å²) in [7, 11) is 4.20. The van der Waals surface area contributed by atoms with E-state index >= 15 is 0 Å². The van der Waals surface area contributed by atoms with Crippen LogP contribution in [0, 0.1) is 13.8 Å². The van der Waals surface area contributed by atoms with Gasteiger partial charge in [-0.15, -0.1) is 0 Å². The first-order valence-corrected chi connectivity index (χ1v) is 9.19. The van der Waals surface area contributed by atoms with Crippen LogP contribution >= 0.6 is 12.2 Å². The summed E-state index contributed by atoms with van der Waals surface area (Å²) < 4.78 is 0. The summed E-state index contributed by atoms with van der Waals surface area (Å²) in [5.74, 6) is 0. The Morgan fingerprint density at radius 2 is 1.76 bits per heavy atom. The molecule has 2 aromatic rings. The lowest BCUT2D eigenvalue weighted by molar-refractivity contribution is 0.299. The molecule has 134 valence electrons. The van der Waals surface area contributed by atoms with Crippen LogP contribution in [0.15, 0.2) is 42.5 Å². The monoisotopic (exact) mass is 355 g/mol. The fraction of sp³-hybridized carbons (Fsp3) is 0.381. The van der Waals surface area contributed by atoms with E-state index in [1.54, 1.807) is 0 Å². The number of likely N-dealkylation sites (N-methyl/N-ethyl adjacent to an activating group) is 1. The molecule has 2 rings (SSSR count). The second-order valence-electron chi connectivity index (χ2n) is 6.73. The molecule has 0 bridgehead atoms. The Hall–Kier alpha value is -1.91. The van der Waals surface area contributed by atoms with Gasteiger partial charge in [0.25, 0.3) is 0 Å². The van der Waals surface area contributed by atoms with Gasteiger partial charge in [-0.3, -0.25) is 0 Å². The summed E-state index contributed by atoms with van der Waals surface area (Å²) in [4.78, 5) is 2.22. The van der Waals surface area contributed by atoms with Gasteiger partial charge in [0.15, 0.2) is 5.11 Å². The first-order chi connectivity index (χ1) is 11.9. The van der Waals surface area contributed by atoms with Crippen LogP contribution in [0.2, 0.25) is 0 Å². The van der Waals surface area contributed by atoms with Crippen molar-refractivity contribution in [2.45, 2.75) is 33.2 Å². The summed E-state index contributed by atoms with van der Waals surface area (Å²) in [6.45, 7) is 7.11. The molecular formula is C21H29N3S. The Morgan fingerprint density at radius 3 is 2.36 bits per heavy atom. The number of rotatable bonds is 6. The molecule has 2 N–H and O–H groups in total. The van der Waals surface area contributed by atoms with Crippen LogP contribution < -0.4 is 10.6 Å². The molecule has 0 saturated carbocycles. The molecule has 1 atom stereocenters. The zero-order valence-electron chi connectivity index (χ0n) is 15.9. The van der Waals surface area contributed by atoms with E-state index < -0.39 is 0 Å². The summed E-state index contributed by atoms with van der Waals surface area (Å²) in [5, 5.41) is 7.34. The standard InChI is InChI=1S/C21H29N3S/c1-6-17-9-11-18(12-10-17)20(24(4)5)14-22-21(25)23-19-13-15(2)7-8-16(19)3/h7-13,20H,6,14H2,1-5H3,(H2,22,23,25)/t20-/m1/s1. The van der Waals surface area contributed by atoms with E-state index in [1.807, 2.05) is 0 Å². The van der Waals surface area contributed by atoms with Crippen molar-refractivity contribution in [1.82, 2.24) is 10.2 Å². The van der Waals surface area contributed by atoms with Gasteiger partial charge in [0.2, 0.25) is 0 Å². The van der Waals surface area contributed by atoms with Crippen molar-refractivity contribution < 1.29 is 0 Å². The summed E-state index contributed by atoms with van der Waals surface area (Å²) >= 11 is 5.49. The summed E-state index contributed by atoms with van der Waals surface area (Å²) in [6.07, 6.45) is 1.06. The van der Waals surface area contributed by atoms with Gasteiger partial charge in [0.1, 0.15) is 0 Å². The minimum Gasteiger partial charge on any atom is -0.361 e. The largest absolute Gasteiger partial charge is 0.361 e. The fourth-order valence-electron chi connectivity index (χ4n) is 2.80. The van der Waals surface area contributed by atoms with Gasteiger partial charge in [0, 0.05) is 12.2 Å². The van der Waals surface area contributed by atoms with Gasteiger partial charge in [-0.05, 0) is 74.9 Å². The molecule has 0 amide bonds. The third-order valence-corrected chi connectivity index (χ3v) is 4.74. The highest BCUT2D eigenvalue weighted by Gasteiger charge is 2.14. The van der Waals surface area contributed by atoms with Crippen molar-refractivity contribution in [3.05, 3.63) is 64.7 Å². The average molecular weight is 356 g/mol. The molecule has 0 aliphatic heterocycles. The van der Waals surface area contributed by atoms with Crippen LogP contribution in [-0.2, 0) is 6.42 Å². The average Bonchev–Trinajstić information content (AvgIpc) is 2.58. The van der Waals surface area contributed by atoms with Crippen molar-refractivity contribution in [3.8, 4) is 0 Å². The number of hydrogen-bond acceptors (Lipinski definition) is 2. The molecule has 0 heterocycles. The Bertz CT molecular complexity index is 708. The molecule has 0 aromatic heterocycles. The van der Waals surface area contributed by atoms with E-state index in [0.717, 1.165) is 18.7 Å². The van der Waals surface area contributed by atoms with Crippen molar-refractivity contribution in [2.24, 2.45) is 0 Å². The fourth-order valence-corrected chi connectivity index (χ4v) is 2.99. The predicted molar refractivity (Wildman–Crippen MR) is 112 cm³/mol. The first kappa shape index (κ1) is 19.4. The number of nitrogens with one attached hydrogen (secondary N) is 2. The van der Waals surface area contributed by atoms with E-state index in [-0.39, 0.29) is 6.04 Å². The third-order valence-electron chi connectivity index (χ3n) is 4.49. The molecule has 0 spiro atoms. The number of anilines is 1. The Morgan fingerprint density at radius 1 is 1.08 bits per heavy atom. The summed E-state index contributed by atoms with van der Waals surface area (Å²) in [5.41, 5.74) is 6.13. The van der Waals surface area contributed by atoms with E-state index in [9.17, 15) is 0 Å². The Balaban J connectivity index is 2.00. The lowest BCUT2D eigenvalue weighted by atomic mass is 10.0. The molecule has 3 nitrogen and oxygen atoms in total. The van der Waals surface area contributed by atoms with Crippen LogP contribution in [0.5, 0.6) is 0 Å². The maximum atomic E-state index is 5.49. The number of aryl methyl sites for hydroxylation is 3. The van der Waals surface area contributed by atoms with Crippen molar-refractivity contribution in [3.63, 3.8) is 0 Å². The van der Waals surface area contributed by atoms with E-state index in [0.29, 0.717) is 5.11 Å². The van der Waals surface area contributed by atoms with Crippen molar-refractivity contribution in [1.29, 1.82) is 0 Å². The number of hydrogen-bond donors (Lipinski definition) is 2. The SMILES string of the molecule is CCc1ccc([C@@H](CNC(=S)Nc2cc(C)ccc2C)N(C)C)cc1. The van der Waals surface area contributed by atoms with Gasteiger partial charge in [-0.2, -0.15) is 0 Å². The normalized spacial score (nSPS) is 12.1. The highest BCUT2D eigenvalue weighted by atomic mass is 32.1. The molecule has 0 aliphatic carbocycles. The third kappa shape index (κ3) is 5.55. The van der Waals surface area contributed by atoms with Crippen LogP contribution in [0.4, 0.5) is 5.69 Å². The van der Waals surface area contributed by atoms with Gasteiger partial charge in [-0.1, -0.05) is 43.3 Å².